The highest BCUT2D eigenvalue weighted by molar-refractivity contribution is 6.77. The molecule has 2 fully saturated rings. The Labute approximate surface area is 187 Å². The van der Waals surface area contributed by atoms with Gasteiger partial charge in [0.15, 0.2) is 0 Å². The molecular formula is C26H37NO3Si. The maximum absolute atomic E-state index is 11.1. The number of aliphatic carboxylic acids is 1. The predicted octanol–water partition coefficient (Wildman–Crippen LogP) is 6.17. The summed E-state index contributed by atoms with van der Waals surface area (Å²) in [5, 5.41) is 11.6. The van der Waals surface area contributed by atoms with Gasteiger partial charge in [-0.3, -0.25) is 9.69 Å². The molecule has 0 amide bonds. The second-order valence-electron chi connectivity index (χ2n) is 10.7. The van der Waals surface area contributed by atoms with Crippen molar-refractivity contribution in [1.82, 2.24) is 4.90 Å². The molecule has 0 atom stereocenters. The van der Waals surface area contributed by atoms with Gasteiger partial charge in [-0.15, -0.1) is 0 Å². The van der Waals surface area contributed by atoms with Crippen LogP contribution in [-0.2, 0) is 11.3 Å². The molecule has 4 rings (SSSR count). The van der Waals surface area contributed by atoms with E-state index in [1.807, 2.05) is 0 Å². The zero-order valence-electron chi connectivity index (χ0n) is 19.3. The summed E-state index contributed by atoms with van der Waals surface area (Å²) in [7, 11) is -1.03. The lowest BCUT2D eigenvalue weighted by Crippen LogP contribution is -2.35. The van der Waals surface area contributed by atoms with Crippen molar-refractivity contribution in [3.63, 3.8) is 0 Å². The van der Waals surface area contributed by atoms with Crippen LogP contribution in [0.1, 0.15) is 44.1 Å². The average molecular weight is 440 g/mol. The topological polar surface area (TPSA) is 49.8 Å². The second-order valence-corrected chi connectivity index (χ2v) is 16.2. The molecule has 1 heterocycles. The van der Waals surface area contributed by atoms with E-state index < -0.39 is 14.0 Å². The smallest absolute Gasteiger partial charge is 0.306 e. The van der Waals surface area contributed by atoms with Crippen LogP contribution in [-0.4, -0.2) is 43.2 Å². The molecule has 1 saturated heterocycles. The van der Waals surface area contributed by atoms with Crippen LogP contribution in [0.3, 0.4) is 0 Å². The van der Waals surface area contributed by atoms with Crippen LogP contribution in [0.15, 0.2) is 36.4 Å². The Morgan fingerprint density at radius 2 is 1.61 bits per heavy atom. The molecule has 0 aromatic heterocycles. The Morgan fingerprint density at radius 3 is 2.26 bits per heavy atom. The number of benzene rings is 2. The zero-order chi connectivity index (χ0) is 22.0. The number of ether oxygens (including phenoxy) is 1. The first-order chi connectivity index (χ1) is 14.8. The van der Waals surface area contributed by atoms with Crippen molar-refractivity contribution >= 4 is 24.8 Å². The molecule has 1 aliphatic heterocycles. The van der Waals surface area contributed by atoms with Gasteiger partial charge in [-0.05, 0) is 91.7 Å². The maximum Gasteiger partial charge on any atom is 0.306 e. The molecule has 2 aromatic carbocycles. The molecular weight excluding hydrogens is 402 g/mol. The standard InChI is InChI=1S/C26H37NO3Si/c1-31(2,3)25-10-8-23(9-11-25)30-24-7-6-21-16-19(4-5-22(21)17-24)18-27-14-12-20(13-15-27)26(28)29/h4-7,16-17,20,23,25H,8-15,18H2,1-3H3,(H,28,29)/t23-,25-. The Balaban J connectivity index is 1.34. The third kappa shape index (κ3) is 5.69. The Hall–Kier alpha value is -1.85. The predicted molar refractivity (Wildman–Crippen MR) is 130 cm³/mol. The lowest BCUT2D eigenvalue weighted by molar-refractivity contribution is -0.143. The second kappa shape index (κ2) is 9.33. The molecule has 168 valence electrons. The summed E-state index contributed by atoms with van der Waals surface area (Å²) in [6.07, 6.45) is 6.88. The van der Waals surface area contributed by atoms with E-state index in [1.165, 1.54) is 42.0 Å². The lowest BCUT2D eigenvalue weighted by Gasteiger charge is -2.35. The molecule has 0 spiro atoms. The molecule has 0 radical (unpaired) electrons. The quantitative estimate of drug-likeness (QED) is 0.547. The number of rotatable bonds is 6. The molecule has 0 unspecified atom stereocenters. The molecule has 0 bridgehead atoms. The average Bonchev–Trinajstić information content (AvgIpc) is 2.74. The highest BCUT2D eigenvalue weighted by Crippen LogP contribution is 2.38. The first kappa shape index (κ1) is 22.3. The monoisotopic (exact) mass is 439 g/mol. The fourth-order valence-electron chi connectivity index (χ4n) is 5.28. The summed E-state index contributed by atoms with van der Waals surface area (Å²) in [5.41, 5.74) is 2.23. The highest BCUT2D eigenvalue weighted by atomic mass is 28.3. The van der Waals surface area contributed by atoms with Crippen LogP contribution in [0.2, 0.25) is 25.2 Å². The number of carboxylic acid groups (broad SMARTS) is 1. The minimum atomic E-state index is -1.03. The van der Waals surface area contributed by atoms with Gasteiger partial charge in [0.2, 0.25) is 0 Å². The minimum absolute atomic E-state index is 0.170. The van der Waals surface area contributed by atoms with E-state index in [-0.39, 0.29) is 5.92 Å². The Morgan fingerprint density at radius 1 is 0.968 bits per heavy atom. The summed E-state index contributed by atoms with van der Waals surface area (Å²) < 4.78 is 6.36. The zero-order valence-corrected chi connectivity index (χ0v) is 20.3. The number of fused-ring (bicyclic) bond motifs is 1. The summed E-state index contributed by atoms with van der Waals surface area (Å²) >= 11 is 0. The molecule has 1 N–H and O–H groups in total. The van der Waals surface area contributed by atoms with Crippen LogP contribution < -0.4 is 4.74 Å². The molecule has 2 aromatic rings. The van der Waals surface area contributed by atoms with E-state index in [0.717, 1.165) is 43.8 Å². The number of piperidine rings is 1. The van der Waals surface area contributed by atoms with E-state index in [1.54, 1.807) is 0 Å². The molecule has 1 aliphatic carbocycles. The van der Waals surface area contributed by atoms with Gasteiger partial charge in [0.25, 0.3) is 0 Å². The van der Waals surface area contributed by atoms with E-state index in [0.29, 0.717) is 6.10 Å². The fourth-order valence-corrected chi connectivity index (χ4v) is 7.35. The van der Waals surface area contributed by atoms with Crippen molar-refractivity contribution in [2.24, 2.45) is 5.92 Å². The number of carboxylic acids is 1. The van der Waals surface area contributed by atoms with Crippen LogP contribution in [0.25, 0.3) is 10.8 Å². The molecule has 4 nitrogen and oxygen atoms in total. The number of hydrogen-bond acceptors (Lipinski definition) is 3. The van der Waals surface area contributed by atoms with E-state index in [4.69, 9.17) is 4.74 Å². The SMILES string of the molecule is C[Si](C)(C)[C@H]1CC[C@H](Oc2ccc3cc(CN4CCC(C(=O)O)CC4)ccc3c2)CC1. The van der Waals surface area contributed by atoms with Crippen molar-refractivity contribution in [1.29, 1.82) is 0 Å². The largest absolute Gasteiger partial charge is 0.490 e. The van der Waals surface area contributed by atoms with Gasteiger partial charge in [0, 0.05) is 14.6 Å². The summed E-state index contributed by atoms with van der Waals surface area (Å²) in [6, 6.07) is 13.1. The van der Waals surface area contributed by atoms with Gasteiger partial charge in [-0.25, -0.2) is 0 Å². The van der Waals surface area contributed by atoms with E-state index >= 15 is 0 Å². The van der Waals surface area contributed by atoms with Crippen molar-refractivity contribution in [3.05, 3.63) is 42.0 Å². The number of likely N-dealkylation sites (tertiary alicyclic amines) is 1. The van der Waals surface area contributed by atoms with Gasteiger partial charge in [0.05, 0.1) is 12.0 Å². The molecule has 2 aliphatic rings. The van der Waals surface area contributed by atoms with Gasteiger partial charge in [-0.1, -0.05) is 37.8 Å². The third-order valence-electron chi connectivity index (χ3n) is 7.42. The normalized spacial score (nSPS) is 23.7. The van der Waals surface area contributed by atoms with Crippen molar-refractivity contribution in [2.45, 2.75) is 76.4 Å². The van der Waals surface area contributed by atoms with Gasteiger partial charge >= 0.3 is 5.97 Å². The van der Waals surface area contributed by atoms with Crippen molar-refractivity contribution in [3.8, 4) is 5.75 Å². The summed E-state index contributed by atoms with van der Waals surface area (Å²) in [5.74, 6) is 0.178. The van der Waals surface area contributed by atoms with Crippen molar-refractivity contribution in [2.75, 3.05) is 13.1 Å². The van der Waals surface area contributed by atoms with Gasteiger partial charge in [0.1, 0.15) is 5.75 Å². The summed E-state index contributed by atoms with van der Waals surface area (Å²) in [6.45, 7) is 10.1. The Kier molecular flexibility index (Phi) is 6.73. The minimum Gasteiger partial charge on any atom is -0.490 e. The first-order valence-corrected chi connectivity index (χ1v) is 15.5. The van der Waals surface area contributed by atoms with E-state index in [9.17, 15) is 9.90 Å². The van der Waals surface area contributed by atoms with Gasteiger partial charge in [-0.2, -0.15) is 0 Å². The number of carbonyl (C=O) groups is 1. The first-order valence-electron chi connectivity index (χ1n) is 11.9. The van der Waals surface area contributed by atoms with Crippen LogP contribution >= 0.6 is 0 Å². The third-order valence-corrected chi connectivity index (χ3v) is 10.4. The number of nitrogens with zero attached hydrogens (tertiary/aromatic N) is 1. The fraction of sp³-hybridized carbons (Fsp3) is 0.577. The Bertz CT molecular complexity index is 906. The number of hydrogen-bond donors (Lipinski definition) is 1. The van der Waals surface area contributed by atoms with Crippen LogP contribution in [0.5, 0.6) is 5.75 Å². The molecule has 31 heavy (non-hydrogen) atoms. The van der Waals surface area contributed by atoms with Crippen molar-refractivity contribution < 1.29 is 14.6 Å². The van der Waals surface area contributed by atoms with Gasteiger partial charge < -0.3 is 9.84 Å². The maximum atomic E-state index is 11.1. The molecule has 5 heteroatoms. The van der Waals surface area contributed by atoms with Crippen LogP contribution in [0.4, 0.5) is 0 Å². The highest BCUT2D eigenvalue weighted by Gasteiger charge is 2.31. The summed E-state index contributed by atoms with van der Waals surface area (Å²) in [4.78, 5) is 13.5. The lowest BCUT2D eigenvalue weighted by atomic mass is 9.96. The van der Waals surface area contributed by atoms with E-state index in [2.05, 4.69) is 60.9 Å². The van der Waals surface area contributed by atoms with Crippen LogP contribution in [0, 0.1) is 5.92 Å². The molecule has 1 saturated carbocycles.